The van der Waals surface area contributed by atoms with Crippen LogP contribution in [0.4, 0.5) is 0 Å². The van der Waals surface area contributed by atoms with Crippen LogP contribution in [0.5, 0.6) is 5.75 Å². The summed E-state index contributed by atoms with van der Waals surface area (Å²) in [5.41, 5.74) is -0.0411. The standard InChI is InChI=1S/C15H20ClNO4/c1-3-7-17(8-4-2)14(18)10-21-11-5-6-13(16)12(9-11)15(19)20/h5-6,9H,3-4,7-8,10H2,1-2H3,(H,19,20). The Morgan fingerprint density at radius 2 is 1.86 bits per heavy atom. The first kappa shape index (κ1) is 17.3. The average molecular weight is 314 g/mol. The summed E-state index contributed by atoms with van der Waals surface area (Å²) in [5, 5.41) is 9.12. The van der Waals surface area contributed by atoms with Crippen molar-refractivity contribution in [1.82, 2.24) is 4.90 Å². The summed E-state index contributed by atoms with van der Waals surface area (Å²) < 4.78 is 5.37. The third kappa shape index (κ3) is 5.27. The van der Waals surface area contributed by atoms with Gasteiger partial charge in [-0.25, -0.2) is 4.79 Å². The van der Waals surface area contributed by atoms with Gasteiger partial charge in [-0.2, -0.15) is 0 Å². The molecule has 116 valence electrons. The average Bonchev–Trinajstić information content (AvgIpc) is 2.45. The lowest BCUT2D eigenvalue weighted by Gasteiger charge is -2.21. The van der Waals surface area contributed by atoms with Crippen LogP contribution < -0.4 is 4.74 Å². The summed E-state index contributed by atoms with van der Waals surface area (Å²) in [6.45, 7) is 5.29. The number of carboxylic acid groups (broad SMARTS) is 1. The monoisotopic (exact) mass is 313 g/mol. The fraction of sp³-hybridized carbons (Fsp3) is 0.467. The number of carbonyl (C=O) groups is 2. The molecule has 0 heterocycles. The van der Waals surface area contributed by atoms with Crippen molar-refractivity contribution in [2.45, 2.75) is 26.7 Å². The van der Waals surface area contributed by atoms with E-state index in [1.807, 2.05) is 13.8 Å². The van der Waals surface area contributed by atoms with Gasteiger partial charge in [0.25, 0.3) is 5.91 Å². The molecule has 1 aromatic rings. The minimum absolute atomic E-state index is 0.0411. The van der Waals surface area contributed by atoms with Gasteiger partial charge in [0.05, 0.1) is 10.6 Å². The van der Waals surface area contributed by atoms with Crippen molar-refractivity contribution in [2.24, 2.45) is 0 Å². The topological polar surface area (TPSA) is 66.8 Å². The SMILES string of the molecule is CCCN(CCC)C(=O)COc1ccc(Cl)c(C(=O)O)c1. The largest absolute Gasteiger partial charge is 0.484 e. The van der Waals surface area contributed by atoms with E-state index in [0.717, 1.165) is 12.8 Å². The van der Waals surface area contributed by atoms with Crippen molar-refractivity contribution in [2.75, 3.05) is 19.7 Å². The lowest BCUT2D eigenvalue weighted by molar-refractivity contribution is -0.133. The van der Waals surface area contributed by atoms with Gasteiger partial charge >= 0.3 is 5.97 Å². The molecule has 6 heteroatoms. The molecule has 0 saturated heterocycles. The zero-order chi connectivity index (χ0) is 15.8. The van der Waals surface area contributed by atoms with Gasteiger partial charge in [-0.1, -0.05) is 25.4 Å². The molecule has 21 heavy (non-hydrogen) atoms. The highest BCUT2D eigenvalue weighted by atomic mass is 35.5. The molecule has 1 aromatic carbocycles. The van der Waals surface area contributed by atoms with Crippen LogP contribution in [0.2, 0.25) is 5.02 Å². The van der Waals surface area contributed by atoms with Crippen LogP contribution >= 0.6 is 11.6 Å². The minimum atomic E-state index is -1.13. The molecule has 5 nitrogen and oxygen atoms in total. The molecule has 0 saturated carbocycles. The summed E-state index contributed by atoms with van der Waals surface area (Å²) in [5.74, 6) is -0.918. The van der Waals surface area contributed by atoms with E-state index < -0.39 is 5.97 Å². The van der Waals surface area contributed by atoms with E-state index in [1.165, 1.54) is 12.1 Å². The second kappa shape index (κ2) is 8.52. The fourth-order valence-corrected chi connectivity index (χ4v) is 2.09. The van der Waals surface area contributed by atoms with Crippen LogP contribution in [0.15, 0.2) is 18.2 Å². The van der Waals surface area contributed by atoms with Crippen LogP contribution in [0.1, 0.15) is 37.0 Å². The van der Waals surface area contributed by atoms with Gasteiger partial charge in [0, 0.05) is 13.1 Å². The van der Waals surface area contributed by atoms with Crippen LogP contribution in [0, 0.1) is 0 Å². The molecule has 0 aliphatic carbocycles. The molecular formula is C15H20ClNO4. The highest BCUT2D eigenvalue weighted by Gasteiger charge is 2.14. The Kier molecular flexibility index (Phi) is 7.02. The number of carbonyl (C=O) groups excluding carboxylic acids is 1. The smallest absolute Gasteiger partial charge is 0.337 e. The second-order valence-electron chi connectivity index (χ2n) is 4.62. The number of amides is 1. The molecule has 0 aliphatic heterocycles. The molecular weight excluding hydrogens is 294 g/mol. The maximum absolute atomic E-state index is 12.0. The third-order valence-corrected chi connectivity index (χ3v) is 3.20. The highest BCUT2D eigenvalue weighted by molar-refractivity contribution is 6.33. The molecule has 0 aliphatic rings. The van der Waals surface area contributed by atoms with Gasteiger partial charge in [0.1, 0.15) is 5.75 Å². The van der Waals surface area contributed by atoms with E-state index in [-0.39, 0.29) is 23.1 Å². The predicted molar refractivity (Wildman–Crippen MR) is 81.1 cm³/mol. The predicted octanol–water partition coefficient (Wildman–Crippen LogP) is 3.07. The van der Waals surface area contributed by atoms with E-state index in [4.69, 9.17) is 21.4 Å². The van der Waals surface area contributed by atoms with Crippen molar-refractivity contribution < 1.29 is 19.4 Å². The first-order valence-electron chi connectivity index (χ1n) is 6.93. The minimum Gasteiger partial charge on any atom is -0.484 e. The normalized spacial score (nSPS) is 10.2. The molecule has 1 rings (SSSR count). The first-order chi connectivity index (χ1) is 9.99. The van der Waals surface area contributed by atoms with Crippen LogP contribution in [-0.4, -0.2) is 41.6 Å². The number of nitrogens with zero attached hydrogens (tertiary/aromatic N) is 1. The lowest BCUT2D eigenvalue weighted by atomic mass is 10.2. The molecule has 1 amide bonds. The van der Waals surface area contributed by atoms with Gasteiger partial charge in [0.15, 0.2) is 6.61 Å². The molecule has 0 unspecified atom stereocenters. The van der Waals surface area contributed by atoms with Crippen molar-refractivity contribution in [3.63, 3.8) is 0 Å². The number of benzene rings is 1. The van der Waals surface area contributed by atoms with E-state index >= 15 is 0 Å². The lowest BCUT2D eigenvalue weighted by Crippen LogP contribution is -2.36. The maximum atomic E-state index is 12.0. The highest BCUT2D eigenvalue weighted by Crippen LogP contribution is 2.22. The number of halogens is 1. The molecule has 0 bridgehead atoms. The summed E-state index contributed by atoms with van der Waals surface area (Å²) >= 11 is 5.78. The summed E-state index contributed by atoms with van der Waals surface area (Å²) in [4.78, 5) is 24.8. The Bertz CT molecular complexity index is 498. The first-order valence-corrected chi connectivity index (χ1v) is 7.30. The summed E-state index contributed by atoms with van der Waals surface area (Å²) in [6.07, 6.45) is 1.77. The van der Waals surface area contributed by atoms with Gasteiger partial charge in [-0.3, -0.25) is 4.79 Å². The van der Waals surface area contributed by atoms with Gasteiger partial charge < -0.3 is 14.7 Å². The van der Waals surface area contributed by atoms with E-state index in [0.29, 0.717) is 18.8 Å². The molecule has 0 atom stereocenters. The van der Waals surface area contributed by atoms with Gasteiger partial charge in [-0.15, -0.1) is 0 Å². The van der Waals surface area contributed by atoms with Crippen molar-refractivity contribution in [3.8, 4) is 5.75 Å². The Morgan fingerprint density at radius 3 is 2.38 bits per heavy atom. The quantitative estimate of drug-likeness (QED) is 0.801. The molecule has 0 fully saturated rings. The summed E-state index contributed by atoms with van der Waals surface area (Å²) in [6, 6.07) is 4.31. The number of rotatable bonds is 8. The Morgan fingerprint density at radius 1 is 1.24 bits per heavy atom. The zero-order valence-corrected chi connectivity index (χ0v) is 13.0. The van der Waals surface area contributed by atoms with E-state index in [9.17, 15) is 9.59 Å². The molecule has 0 aromatic heterocycles. The van der Waals surface area contributed by atoms with E-state index in [1.54, 1.807) is 11.0 Å². The van der Waals surface area contributed by atoms with Crippen LogP contribution in [0.25, 0.3) is 0 Å². The fourth-order valence-electron chi connectivity index (χ4n) is 1.90. The summed E-state index contributed by atoms with van der Waals surface area (Å²) in [7, 11) is 0. The number of carboxylic acids is 1. The van der Waals surface area contributed by atoms with E-state index in [2.05, 4.69) is 0 Å². The Balaban J connectivity index is 2.67. The Hall–Kier alpha value is -1.75. The van der Waals surface area contributed by atoms with Crippen molar-refractivity contribution in [1.29, 1.82) is 0 Å². The molecule has 0 spiro atoms. The Labute approximate surface area is 129 Å². The molecule has 1 N–H and O–H groups in total. The number of hydrogen-bond acceptors (Lipinski definition) is 3. The number of aromatic carboxylic acids is 1. The van der Waals surface area contributed by atoms with Crippen molar-refractivity contribution in [3.05, 3.63) is 28.8 Å². The van der Waals surface area contributed by atoms with Crippen LogP contribution in [-0.2, 0) is 4.79 Å². The second-order valence-corrected chi connectivity index (χ2v) is 5.02. The third-order valence-electron chi connectivity index (χ3n) is 2.87. The van der Waals surface area contributed by atoms with Crippen LogP contribution in [0.3, 0.4) is 0 Å². The molecule has 0 radical (unpaired) electrons. The van der Waals surface area contributed by atoms with Gasteiger partial charge in [-0.05, 0) is 31.0 Å². The van der Waals surface area contributed by atoms with Crippen molar-refractivity contribution >= 4 is 23.5 Å². The zero-order valence-electron chi connectivity index (χ0n) is 12.3. The number of ether oxygens (including phenoxy) is 1. The maximum Gasteiger partial charge on any atom is 0.337 e. The number of hydrogen-bond donors (Lipinski definition) is 1. The van der Waals surface area contributed by atoms with Gasteiger partial charge in [0.2, 0.25) is 0 Å².